The van der Waals surface area contributed by atoms with Crippen molar-refractivity contribution in [2.45, 2.75) is 52.4 Å². The first-order valence-corrected chi connectivity index (χ1v) is 7.60. The van der Waals surface area contributed by atoms with E-state index < -0.39 is 11.9 Å². The third kappa shape index (κ3) is 6.22. The molecule has 0 saturated heterocycles. The van der Waals surface area contributed by atoms with Crippen molar-refractivity contribution in [2.24, 2.45) is 17.8 Å². The molecular formula is C16H26O4. The Kier molecular flexibility index (Phi) is 7.34. The normalized spacial score (nSPS) is 24.5. The summed E-state index contributed by atoms with van der Waals surface area (Å²) in [5.41, 5.74) is 0. The summed E-state index contributed by atoms with van der Waals surface area (Å²) in [6, 6.07) is 0. The second kappa shape index (κ2) is 8.77. The van der Waals surface area contributed by atoms with Crippen molar-refractivity contribution in [1.29, 1.82) is 0 Å². The minimum absolute atomic E-state index is 0.390. The standard InChI is InChI=1S/C16H26O4/c1-3-12(2)14-6-4-13(5-7-14)10-11-20-16(19)9-8-15(17)18/h8-9,12-14H,3-7,10-11H2,1-2H3,(H,17,18)/b9-8+. The van der Waals surface area contributed by atoms with Gasteiger partial charge in [0.1, 0.15) is 0 Å². The Morgan fingerprint density at radius 2 is 1.90 bits per heavy atom. The van der Waals surface area contributed by atoms with Gasteiger partial charge in [0.25, 0.3) is 0 Å². The summed E-state index contributed by atoms with van der Waals surface area (Å²) in [6.45, 7) is 4.98. The molecule has 1 unspecified atom stereocenters. The van der Waals surface area contributed by atoms with Crippen LogP contribution < -0.4 is 0 Å². The van der Waals surface area contributed by atoms with E-state index in [1.54, 1.807) is 0 Å². The van der Waals surface area contributed by atoms with Crippen LogP contribution in [0.1, 0.15) is 52.4 Å². The monoisotopic (exact) mass is 282 g/mol. The molecule has 1 rings (SSSR count). The molecule has 1 saturated carbocycles. The van der Waals surface area contributed by atoms with Gasteiger partial charge in [0, 0.05) is 12.2 Å². The molecule has 20 heavy (non-hydrogen) atoms. The van der Waals surface area contributed by atoms with E-state index in [9.17, 15) is 9.59 Å². The van der Waals surface area contributed by atoms with Crippen molar-refractivity contribution in [2.75, 3.05) is 6.61 Å². The van der Waals surface area contributed by atoms with Gasteiger partial charge in [0.15, 0.2) is 0 Å². The fraction of sp³-hybridized carbons (Fsp3) is 0.750. The van der Waals surface area contributed by atoms with Gasteiger partial charge >= 0.3 is 11.9 Å². The van der Waals surface area contributed by atoms with Crippen LogP contribution in [0, 0.1) is 17.8 Å². The molecule has 0 spiro atoms. The number of carbonyl (C=O) groups excluding carboxylic acids is 1. The van der Waals surface area contributed by atoms with Crippen LogP contribution in [0.5, 0.6) is 0 Å². The van der Waals surface area contributed by atoms with Gasteiger partial charge in [0.2, 0.25) is 0 Å². The van der Waals surface area contributed by atoms with Gasteiger partial charge in [-0.15, -0.1) is 0 Å². The lowest BCUT2D eigenvalue weighted by Crippen LogP contribution is -2.21. The van der Waals surface area contributed by atoms with Crippen LogP contribution in [0.3, 0.4) is 0 Å². The second-order valence-electron chi connectivity index (χ2n) is 5.79. The Bertz CT molecular complexity index is 340. The molecule has 1 atom stereocenters. The number of carbonyl (C=O) groups is 2. The Morgan fingerprint density at radius 1 is 1.25 bits per heavy atom. The van der Waals surface area contributed by atoms with Crippen molar-refractivity contribution in [3.8, 4) is 0 Å². The number of hydrogen-bond donors (Lipinski definition) is 1. The number of carboxylic acid groups (broad SMARTS) is 1. The second-order valence-corrected chi connectivity index (χ2v) is 5.79. The Hall–Kier alpha value is -1.32. The average molecular weight is 282 g/mol. The van der Waals surface area contributed by atoms with E-state index in [1.807, 2.05) is 0 Å². The van der Waals surface area contributed by atoms with Crippen molar-refractivity contribution < 1.29 is 19.4 Å². The maximum absolute atomic E-state index is 11.2. The van der Waals surface area contributed by atoms with Crippen LogP contribution in [0.15, 0.2) is 12.2 Å². The molecule has 0 heterocycles. The van der Waals surface area contributed by atoms with Gasteiger partial charge in [0.05, 0.1) is 6.61 Å². The van der Waals surface area contributed by atoms with Crippen molar-refractivity contribution >= 4 is 11.9 Å². The molecule has 0 aromatic heterocycles. The lowest BCUT2D eigenvalue weighted by molar-refractivity contribution is -0.139. The Morgan fingerprint density at radius 3 is 2.45 bits per heavy atom. The van der Waals surface area contributed by atoms with E-state index in [0.29, 0.717) is 12.5 Å². The summed E-state index contributed by atoms with van der Waals surface area (Å²) in [5.74, 6) is 0.616. The van der Waals surface area contributed by atoms with Crippen LogP contribution in [0.2, 0.25) is 0 Å². The van der Waals surface area contributed by atoms with Gasteiger partial charge in [-0.1, -0.05) is 33.1 Å². The van der Waals surface area contributed by atoms with Crippen molar-refractivity contribution in [3.63, 3.8) is 0 Å². The van der Waals surface area contributed by atoms with Crippen LogP contribution in [-0.2, 0) is 14.3 Å². The first kappa shape index (κ1) is 16.7. The van der Waals surface area contributed by atoms with E-state index in [1.165, 1.54) is 32.1 Å². The number of ether oxygens (including phenoxy) is 1. The SMILES string of the molecule is CCC(C)C1CCC(CCOC(=O)/C=C/C(=O)O)CC1. The molecule has 0 aromatic carbocycles. The molecule has 0 aromatic rings. The van der Waals surface area contributed by atoms with Crippen LogP contribution >= 0.6 is 0 Å². The maximum Gasteiger partial charge on any atom is 0.331 e. The number of hydrogen-bond acceptors (Lipinski definition) is 3. The third-order valence-corrected chi connectivity index (χ3v) is 4.47. The zero-order valence-electron chi connectivity index (χ0n) is 12.5. The fourth-order valence-corrected chi connectivity index (χ4v) is 2.89. The van der Waals surface area contributed by atoms with Gasteiger partial charge < -0.3 is 9.84 Å². The first-order valence-electron chi connectivity index (χ1n) is 7.60. The van der Waals surface area contributed by atoms with Gasteiger partial charge in [-0.05, 0) is 37.0 Å². The molecule has 4 nitrogen and oxygen atoms in total. The lowest BCUT2D eigenvalue weighted by Gasteiger charge is -2.31. The van der Waals surface area contributed by atoms with E-state index in [2.05, 4.69) is 13.8 Å². The third-order valence-electron chi connectivity index (χ3n) is 4.47. The Balaban J connectivity index is 2.15. The summed E-state index contributed by atoms with van der Waals surface area (Å²) >= 11 is 0. The highest BCUT2D eigenvalue weighted by molar-refractivity contribution is 5.90. The number of aliphatic carboxylic acids is 1. The minimum atomic E-state index is -1.13. The molecular weight excluding hydrogens is 256 g/mol. The molecule has 1 aliphatic carbocycles. The predicted molar refractivity (Wildman–Crippen MR) is 77.3 cm³/mol. The number of carboxylic acids is 1. The molecule has 0 aliphatic heterocycles. The zero-order chi connectivity index (χ0) is 15.0. The first-order chi connectivity index (χ1) is 9.52. The minimum Gasteiger partial charge on any atom is -0.478 e. The van der Waals surface area contributed by atoms with Crippen molar-refractivity contribution in [1.82, 2.24) is 0 Å². The summed E-state index contributed by atoms with van der Waals surface area (Å²) in [5, 5.41) is 8.39. The molecule has 1 fully saturated rings. The molecule has 1 N–H and O–H groups in total. The molecule has 0 amide bonds. The van der Waals surface area contributed by atoms with E-state index in [-0.39, 0.29) is 0 Å². The zero-order valence-corrected chi connectivity index (χ0v) is 12.5. The molecule has 0 bridgehead atoms. The molecule has 4 heteroatoms. The molecule has 114 valence electrons. The summed E-state index contributed by atoms with van der Waals surface area (Å²) in [7, 11) is 0. The van der Waals surface area contributed by atoms with Gasteiger partial charge in [-0.25, -0.2) is 9.59 Å². The fourth-order valence-electron chi connectivity index (χ4n) is 2.89. The molecule has 1 aliphatic rings. The van der Waals surface area contributed by atoms with Crippen LogP contribution in [-0.4, -0.2) is 23.7 Å². The Labute approximate surface area is 121 Å². The predicted octanol–water partition coefficient (Wildman–Crippen LogP) is 3.41. The highest BCUT2D eigenvalue weighted by Gasteiger charge is 2.24. The topological polar surface area (TPSA) is 63.6 Å². The summed E-state index contributed by atoms with van der Waals surface area (Å²) in [4.78, 5) is 21.4. The quantitative estimate of drug-likeness (QED) is 0.574. The summed E-state index contributed by atoms with van der Waals surface area (Å²) in [6.07, 6.45) is 8.92. The maximum atomic E-state index is 11.2. The smallest absolute Gasteiger partial charge is 0.331 e. The lowest BCUT2D eigenvalue weighted by atomic mass is 9.75. The largest absolute Gasteiger partial charge is 0.478 e. The van der Waals surface area contributed by atoms with Crippen LogP contribution in [0.25, 0.3) is 0 Å². The molecule has 0 radical (unpaired) electrons. The van der Waals surface area contributed by atoms with Crippen molar-refractivity contribution in [3.05, 3.63) is 12.2 Å². The number of esters is 1. The average Bonchev–Trinajstić information content (AvgIpc) is 2.45. The van der Waals surface area contributed by atoms with Gasteiger partial charge in [-0.2, -0.15) is 0 Å². The van der Waals surface area contributed by atoms with E-state index >= 15 is 0 Å². The van der Waals surface area contributed by atoms with E-state index in [0.717, 1.165) is 30.4 Å². The van der Waals surface area contributed by atoms with E-state index in [4.69, 9.17) is 9.84 Å². The van der Waals surface area contributed by atoms with Crippen LogP contribution in [0.4, 0.5) is 0 Å². The number of rotatable bonds is 7. The summed E-state index contributed by atoms with van der Waals surface area (Å²) < 4.78 is 5.00. The van der Waals surface area contributed by atoms with Gasteiger partial charge in [-0.3, -0.25) is 0 Å². The highest BCUT2D eigenvalue weighted by atomic mass is 16.5. The highest BCUT2D eigenvalue weighted by Crippen LogP contribution is 2.35.